The van der Waals surface area contributed by atoms with E-state index in [2.05, 4.69) is 31.3 Å². The number of hydrogen-bond acceptors (Lipinski definition) is 5. The predicted octanol–water partition coefficient (Wildman–Crippen LogP) is 10.4. The molecule has 0 heterocycles. The van der Waals surface area contributed by atoms with Crippen LogP contribution >= 0.6 is 7.82 Å². The number of aliphatic hydroxyl groups excluding tert-OH is 1. The van der Waals surface area contributed by atoms with Crippen LogP contribution in [-0.4, -0.2) is 73.4 Å². The second-order valence-corrected chi connectivity index (χ2v) is 16.5. The Morgan fingerprint density at radius 3 is 1.60 bits per heavy atom. The van der Waals surface area contributed by atoms with Crippen molar-refractivity contribution in [3.8, 4) is 0 Å². The highest BCUT2D eigenvalue weighted by atomic mass is 31.2. The average molecular weight is 704 g/mol. The molecule has 1 amide bonds. The first kappa shape index (κ1) is 47.2. The quantitative estimate of drug-likeness (QED) is 0.0260. The summed E-state index contributed by atoms with van der Waals surface area (Å²) in [6.07, 6.45) is 33.7. The highest BCUT2D eigenvalue weighted by molar-refractivity contribution is 7.47. The van der Waals surface area contributed by atoms with Crippen LogP contribution in [0, 0.1) is 0 Å². The van der Waals surface area contributed by atoms with E-state index in [1.54, 1.807) is 0 Å². The van der Waals surface area contributed by atoms with Gasteiger partial charge in [-0.05, 0) is 38.5 Å². The number of carbonyl (C=O) groups is 1. The molecule has 0 fully saturated rings. The molecule has 0 aliphatic heterocycles. The van der Waals surface area contributed by atoms with E-state index < -0.39 is 20.0 Å². The van der Waals surface area contributed by atoms with Gasteiger partial charge in [-0.25, -0.2) is 4.57 Å². The van der Waals surface area contributed by atoms with Gasteiger partial charge in [-0.2, -0.15) is 0 Å². The van der Waals surface area contributed by atoms with Crippen LogP contribution in [0.5, 0.6) is 0 Å². The number of quaternary nitrogens is 1. The Hall–Kier alpha value is -0.760. The lowest BCUT2D eigenvalue weighted by Gasteiger charge is -2.26. The average Bonchev–Trinajstić information content (AvgIpc) is 3.02. The molecule has 3 atom stereocenters. The normalized spacial score (nSPS) is 14.7. The molecular weight excluding hydrogens is 623 g/mol. The van der Waals surface area contributed by atoms with Crippen molar-refractivity contribution >= 4 is 13.7 Å². The van der Waals surface area contributed by atoms with Crippen molar-refractivity contribution in [1.29, 1.82) is 0 Å². The van der Waals surface area contributed by atoms with Crippen LogP contribution in [0.25, 0.3) is 0 Å². The maximum Gasteiger partial charge on any atom is 0.472 e. The number of allylic oxidation sites excluding steroid dienone is 2. The SMILES string of the molecule is CCCCCCCC/C=C/CCCCCCCC(=O)N[C@@H](COP(=O)(O)OCC[N+](C)(C)C)[C@H](O)CCCCCCCCCCCCC. The fraction of sp³-hybridized carbons (Fsp3) is 0.923. The molecule has 0 aromatic carbocycles. The fourth-order valence-corrected chi connectivity index (χ4v) is 6.48. The van der Waals surface area contributed by atoms with Gasteiger partial charge < -0.3 is 19.8 Å². The van der Waals surface area contributed by atoms with E-state index in [0.29, 0.717) is 23.9 Å². The van der Waals surface area contributed by atoms with Crippen molar-refractivity contribution in [2.75, 3.05) is 40.9 Å². The highest BCUT2D eigenvalue weighted by Gasteiger charge is 2.28. The van der Waals surface area contributed by atoms with Gasteiger partial charge in [0.15, 0.2) is 0 Å². The second kappa shape index (κ2) is 32.2. The van der Waals surface area contributed by atoms with Crippen LogP contribution in [0.2, 0.25) is 0 Å². The topological polar surface area (TPSA) is 105 Å². The summed E-state index contributed by atoms with van der Waals surface area (Å²) in [6, 6.07) is -0.758. The fourth-order valence-electron chi connectivity index (χ4n) is 5.74. The molecular formula is C39H80N2O6P+. The van der Waals surface area contributed by atoms with Gasteiger partial charge in [0, 0.05) is 6.42 Å². The number of unbranched alkanes of at least 4 members (excludes halogenated alkanes) is 21. The summed E-state index contributed by atoms with van der Waals surface area (Å²) < 4.78 is 23.5. The van der Waals surface area contributed by atoms with Crippen molar-refractivity contribution in [3.63, 3.8) is 0 Å². The Labute approximate surface area is 297 Å². The van der Waals surface area contributed by atoms with E-state index in [1.165, 1.54) is 103 Å². The summed E-state index contributed by atoms with van der Waals surface area (Å²) in [7, 11) is 1.61. The molecule has 1 unspecified atom stereocenters. The maximum atomic E-state index is 12.8. The first-order valence-corrected chi connectivity index (χ1v) is 21.5. The van der Waals surface area contributed by atoms with Crippen LogP contribution in [-0.2, 0) is 18.4 Å². The molecule has 48 heavy (non-hydrogen) atoms. The number of nitrogens with one attached hydrogen (secondary N) is 1. The molecule has 286 valence electrons. The standard InChI is InChI=1S/C39H79N2O6P/c1-6-8-10-12-14-16-18-19-20-21-23-25-27-29-31-33-39(43)40-37(36-47-48(44,45)46-35-34-41(3,4)5)38(42)32-30-28-26-24-22-17-15-13-11-9-7-2/h19-20,37-38,42H,6-18,21-36H2,1-5H3,(H-,40,43,44,45)/p+1/b20-19+/t37-,38+/m0/s1. The van der Waals surface area contributed by atoms with Crippen molar-refractivity contribution in [1.82, 2.24) is 5.32 Å². The number of hydrogen-bond donors (Lipinski definition) is 3. The molecule has 0 aliphatic rings. The summed E-state index contributed by atoms with van der Waals surface area (Å²) in [4.78, 5) is 23.0. The number of rotatable bonds is 36. The van der Waals surface area contributed by atoms with E-state index in [1.807, 2.05) is 21.1 Å². The minimum atomic E-state index is -4.30. The van der Waals surface area contributed by atoms with E-state index >= 15 is 0 Å². The lowest BCUT2D eigenvalue weighted by Crippen LogP contribution is -2.46. The van der Waals surface area contributed by atoms with Gasteiger partial charge in [0.1, 0.15) is 13.2 Å². The molecule has 0 spiro atoms. The second-order valence-electron chi connectivity index (χ2n) is 15.0. The molecule has 0 saturated carbocycles. The number of amides is 1. The zero-order valence-electron chi connectivity index (χ0n) is 32.2. The number of likely N-dealkylation sites (N-methyl/N-ethyl adjacent to an activating group) is 1. The zero-order chi connectivity index (χ0) is 35.8. The molecule has 0 bridgehead atoms. The molecule has 9 heteroatoms. The summed E-state index contributed by atoms with van der Waals surface area (Å²) in [5, 5.41) is 13.9. The van der Waals surface area contributed by atoms with Gasteiger partial charge in [0.25, 0.3) is 0 Å². The summed E-state index contributed by atoms with van der Waals surface area (Å²) in [5.74, 6) is -0.155. The van der Waals surface area contributed by atoms with Crippen molar-refractivity contribution < 1.29 is 32.9 Å². The van der Waals surface area contributed by atoms with Gasteiger partial charge in [-0.15, -0.1) is 0 Å². The molecule has 3 N–H and O–H groups in total. The van der Waals surface area contributed by atoms with Crippen LogP contribution in [0.15, 0.2) is 12.2 Å². The van der Waals surface area contributed by atoms with Crippen LogP contribution < -0.4 is 5.32 Å². The van der Waals surface area contributed by atoms with E-state index in [9.17, 15) is 19.4 Å². The molecule has 0 rings (SSSR count). The van der Waals surface area contributed by atoms with Gasteiger partial charge in [0.05, 0.1) is 39.9 Å². The van der Waals surface area contributed by atoms with Gasteiger partial charge >= 0.3 is 7.82 Å². The van der Waals surface area contributed by atoms with Gasteiger partial charge in [-0.1, -0.05) is 148 Å². The smallest absolute Gasteiger partial charge is 0.391 e. The predicted molar refractivity (Wildman–Crippen MR) is 203 cm³/mol. The number of aliphatic hydroxyl groups is 1. The summed E-state index contributed by atoms with van der Waals surface area (Å²) in [6.45, 7) is 4.85. The molecule has 0 aromatic rings. The maximum absolute atomic E-state index is 12.8. The highest BCUT2D eigenvalue weighted by Crippen LogP contribution is 2.43. The first-order chi connectivity index (χ1) is 23.0. The van der Waals surface area contributed by atoms with E-state index in [-0.39, 0.29) is 19.1 Å². The summed E-state index contributed by atoms with van der Waals surface area (Å²) >= 11 is 0. The number of carbonyl (C=O) groups excluding carboxylic acids is 1. The Kier molecular flexibility index (Phi) is 31.7. The Morgan fingerprint density at radius 2 is 1.12 bits per heavy atom. The van der Waals surface area contributed by atoms with Crippen LogP contribution in [0.4, 0.5) is 0 Å². The molecule has 0 aromatic heterocycles. The molecule has 0 radical (unpaired) electrons. The number of phosphoric ester groups is 1. The van der Waals surface area contributed by atoms with Gasteiger partial charge in [-0.3, -0.25) is 13.8 Å². The van der Waals surface area contributed by atoms with Crippen molar-refractivity contribution in [2.45, 2.75) is 193 Å². The third-order valence-corrected chi connectivity index (χ3v) is 10.00. The van der Waals surface area contributed by atoms with Crippen molar-refractivity contribution in [2.24, 2.45) is 0 Å². The third kappa shape index (κ3) is 33.7. The Balaban J connectivity index is 4.43. The van der Waals surface area contributed by atoms with E-state index in [0.717, 1.165) is 51.4 Å². The monoisotopic (exact) mass is 704 g/mol. The number of phosphoric acid groups is 1. The minimum absolute atomic E-state index is 0.0745. The third-order valence-electron chi connectivity index (χ3n) is 9.01. The van der Waals surface area contributed by atoms with Gasteiger partial charge in [0.2, 0.25) is 5.91 Å². The van der Waals surface area contributed by atoms with Crippen LogP contribution in [0.3, 0.4) is 0 Å². The zero-order valence-corrected chi connectivity index (χ0v) is 33.1. The molecule has 0 saturated heterocycles. The summed E-state index contributed by atoms with van der Waals surface area (Å²) in [5.41, 5.74) is 0. The Morgan fingerprint density at radius 1 is 0.688 bits per heavy atom. The number of nitrogens with zero attached hydrogens (tertiary/aromatic N) is 1. The molecule has 0 aliphatic carbocycles. The lowest BCUT2D eigenvalue weighted by atomic mass is 10.0. The largest absolute Gasteiger partial charge is 0.472 e. The molecule has 8 nitrogen and oxygen atoms in total. The first-order valence-electron chi connectivity index (χ1n) is 20.1. The van der Waals surface area contributed by atoms with Crippen molar-refractivity contribution in [3.05, 3.63) is 12.2 Å². The lowest BCUT2D eigenvalue weighted by molar-refractivity contribution is -0.870. The Bertz CT molecular complexity index is 804. The minimum Gasteiger partial charge on any atom is -0.391 e. The van der Waals surface area contributed by atoms with E-state index in [4.69, 9.17) is 9.05 Å². The van der Waals surface area contributed by atoms with Crippen LogP contribution in [0.1, 0.15) is 181 Å².